The van der Waals surface area contributed by atoms with E-state index in [-0.39, 0.29) is 18.6 Å². The summed E-state index contributed by atoms with van der Waals surface area (Å²) in [5, 5.41) is 23.3. The van der Waals surface area contributed by atoms with Crippen LogP contribution in [0.3, 0.4) is 0 Å². The average Bonchev–Trinajstić information content (AvgIpc) is 2.93. The summed E-state index contributed by atoms with van der Waals surface area (Å²) in [5.74, 6) is -0.944. The third-order valence-corrected chi connectivity index (χ3v) is 2.84. The van der Waals surface area contributed by atoms with Crippen LogP contribution >= 0.6 is 0 Å². The largest absolute Gasteiger partial charge is 0.573 e. The van der Waals surface area contributed by atoms with Gasteiger partial charge in [-0.1, -0.05) is 5.16 Å². The zero-order valence-corrected chi connectivity index (χ0v) is 11.6. The molecule has 0 radical (unpaired) electrons. The van der Waals surface area contributed by atoms with Gasteiger partial charge < -0.3 is 24.9 Å². The van der Waals surface area contributed by atoms with E-state index in [1.165, 1.54) is 12.1 Å². The summed E-state index contributed by atoms with van der Waals surface area (Å²) < 4.78 is 39.9. The molecule has 1 aromatic carbocycles. The number of carbonyl (C=O) groups is 1. The molecule has 1 amide bonds. The first-order valence-corrected chi connectivity index (χ1v) is 6.47. The molecule has 1 unspecified atom stereocenters. The van der Waals surface area contributed by atoms with Gasteiger partial charge in [-0.2, -0.15) is 0 Å². The highest BCUT2D eigenvalue weighted by molar-refractivity contribution is 6.41. The lowest BCUT2D eigenvalue weighted by molar-refractivity contribution is -0.274. The van der Waals surface area contributed by atoms with Crippen LogP contribution < -0.4 is 10.1 Å². The van der Waals surface area contributed by atoms with Crippen molar-refractivity contribution in [3.8, 4) is 5.75 Å². The van der Waals surface area contributed by atoms with Gasteiger partial charge in [0.2, 0.25) is 6.10 Å². The molecule has 0 bridgehead atoms. The van der Waals surface area contributed by atoms with Crippen molar-refractivity contribution in [3.63, 3.8) is 0 Å². The Bertz CT molecular complexity index is 591. The molecule has 11 heteroatoms. The Morgan fingerprint density at radius 1 is 1.39 bits per heavy atom. The van der Waals surface area contributed by atoms with Gasteiger partial charge in [-0.05, 0) is 29.8 Å². The number of ether oxygens (including phenoxy) is 1. The number of benzene rings is 1. The zero-order chi connectivity index (χ0) is 17.0. The molecule has 0 aromatic heterocycles. The highest BCUT2D eigenvalue weighted by Gasteiger charge is 2.32. The standard InChI is InChI=1S/C12H12BF3N2O5/c14-12(15,16)22-8-3-1-7(2-4-8)9-5-10(23-18-9)11(19)17-6-13(20)21/h1-4,10,20-21H,5-6H2,(H,17,19). The van der Waals surface area contributed by atoms with Crippen LogP contribution in [0.2, 0.25) is 0 Å². The smallest absolute Gasteiger partial charge is 0.426 e. The van der Waals surface area contributed by atoms with E-state index in [0.717, 1.165) is 12.1 Å². The van der Waals surface area contributed by atoms with E-state index in [2.05, 4.69) is 15.2 Å². The van der Waals surface area contributed by atoms with Gasteiger partial charge in [0.1, 0.15) is 5.75 Å². The Morgan fingerprint density at radius 2 is 2.04 bits per heavy atom. The van der Waals surface area contributed by atoms with E-state index in [4.69, 9.17) is 14.9 Å². The molecule has 1 heterocycles. The molecule has 3 N–H and O–H groups in total. The molecule has 0 aliphatic carbocycles. The molecule has 1 aliphatic rings. The van der Waals surface area contributed by atoms with Crippen LogP contribution in [0.5, 0.6) is 5.75 Å². The molecule has 23 heavy (non-hydrogen) atoms. The number of hydrogen-bond donors (Lipinski definition) is 3. The topological polar surface area (TPSA) is 100 Å². The second-order valence-electron chi connectivity index (χ2n) is 4.63. The van der Waals surface area contributed by atoms with E-state index in [1.807, 2.05) is 0 Å². The minimum absolute atomic E-state index is 0.104. The fourth-order valence-electron chi connectivity index (χ4n) is 1.84. The molecule has 2 rings (SSSR count). The number of alkyl halides is 3. The van der Waals surface area contributed by atoms with Crippen molar-refractivity contribution in [1.82, 2.24) is 5.32 Å². The van der Waals surface area contributed by atoms with Gasteiger partial charge in [-0.3, -0.25) is 4.79 Å². The van der Waals surface area contributed by atoms with Gasteiger partial charge >= 0.3 is 13.5 Å². The highest BCUT2D eigenvalue weighted by atomic mass is 19.4. The van der Waals surface area contributed by atoms with E-state index >= 15 is 0 Å². The Labute approximate surface area is 128 Å². The van der Waals surface area contributed by atoms with Crippen molar-refractivity contribution in [2.24, 2.45) is 5.16 Å². The monoisotopic (exact) mass is 332 g/mol. The third kappa shape index (κ3) is 5.14. The van der Waals surface area contributed by atoms with Crippen molar-refractivity contribution in [3.05, 3.63) is 29.8 Å². The molecule has 7 nitrogen and oxygen atoms in total. The second-order valence-corrected chi connectivity index (χ2v) is 4.63. The van der Waals surface area contributed by atoms with Crippen LogP contribution in [0.15, 0.2) is 29.4 Å². The number of halogens is 3. The maximum atomic E-state index is 12.1. The molecular weight excluding hydrogens is 320 g/mol. The highest BCUT2D eigenvalue weighted by Crippen LogP contribution is 2.24. The maximum absolute atomic E-state index is 12.1. The fourth-order valence-corrected chi connectivity index (χ4v) is 1.84. The zero-order valence-electron chi connectivity index (χ0n) is 11.6. The van der Waals surface area contributed by atoms with Gasteiger partial charge in [0, 0.05) is 6.42 Å². The summed E-state index contributed by atoms with van der Waals surface area (Å²) in [6, 6.07) is 4.98. The predicted octanol–water partition coefficient (Wildman–Crippen LogP) is 0.206. The van der Waals surface area contributed by atoms with Crippen LogP contribution in [0.1, 0.15) is 12.0 Å². The van der Waals surface area contributed by atoms with Crippen LogP contribution in [0.25, 0.3) is 0 Å². The van der Waals surface area contributed by atoms with Crippen molar-refractivity contribution in [2.45, 2.75) is 18.9 Å². The Balaban J connectivity index is 1.92. The number of oxime groups is 1. The molecule has 0 saturated carbocycles. The Kier molecular flexibility index (Phi) is 5.11. The van der Waals surface area contributed by atoms with Gasteiger partial charge in [0.25, 0.3) is 5.91 Å². The van der Waals surface area contributed by atoms with Crippen molar-refractivity contribution in [2.75, 3.05) is 6.44 Å². The van der Waals surface area contributed by atoms with Crippen molar-refractivity contribution >= 4 is 18.7 Å². The predicted molar refractivity (Wildman–Crippen MR) is 72.4 cm³/mol. The van der Waals surface area contributed by atoms with Crippen molar-refractivity contribution in [1.29, 1.82) is 0 Å². The number of nitrogens with zero attached hydrogens (tertiary/aromatic N) is 1. The Morgan fingerprint density at radius 3 is 2.61 bits per heavy atom. The summed E-state index contributed by atoms with van der Waals surface area (Å²) >= 11 is 0. The Hall–Kier alpha value is -2.27. The average molecular weight is 332 g/mol. The number of nitrogens with one attached hydrogen (secondary N) is 1. The van der Waals surface area contributed by atoms with Gasteiger partial charge in [-0.15, -0.1) is 13.2 Å². The summed E-state index contributed by atoms with van der Waals surface area (Å²) in [7, 11) is -1.68. The number of amides is 1. The molecule has 0 saturated heterocycles. The number of hydrogen-bond acceptors (Lipinski definition) is 6. The number of carbonyl (C=O) groups excluding carboxylic acids is 1. The maximum Gasteiger partial charge on any atom is 0.573 e. The third-order valence-electron chi connectivity index (χ3n) is 2.84. The quantitative estimate of drug-likeness (QED) is 0.669. The summed E-state index contributed by atoms with van der Waals surface area (Å²) in [6.07, 6.45) is -5.95. The molecule has 124 valence electrons. The molecule has 1 aromatic rings. The van der Waals surface area contributed by atoms with Gasteiger partial charge in [0.05, 0.1) is 12.2 Å². The van der Waals surface area contributed by atoms with Gasteiger partial charge in [-0.25, -0.2) is 0 Å². The van der Waals surface area contributed by atoms with Crippen LogP contribution in [0.4, 0.5) is 13.2 Å². The fraction of sp³-hybridized carbons (Fsp3) is 0.333. The summed E-state index contributed by atoms with van der Waals surface area (Å²) in [4.78, 5) is 16.6. The van der Waals surface area contributed by atoms with E-state index < -0.39 is 25.5 Å². The summed E-state index contributed by atoms with van der Waals surface area (Å²) in [5.41, 5.74) is 0.866. The SMILES string of the molecule is O=C(NCB(O)O)C1CC(c2ccc(OC(F)(F)F)cc2)=NO1. The van der Waals surface area contributed by atoms with E-state index in [0.29, 0.717) is 11.3 Å². The van der Waals surface area contributed by atoms with Crippen LogP contribution in [0, 0.1) is 0 Å². The van der Waals surface area contributed by atoms with E-state index in [9.17, 15) is 18.0 Å². The van der Waals surface area contributed by atoms with Crippen molar-refractivity contribution < 1.29 is 37.6 Å². The lowest BCUT2D eigenvalue weighted by Gasteiger charge is -2.09. The number of rotatable bonds is 5. The molecule has 0 spiro atoms. The van der Waals surface area contributed by atoms with Crippen LogP contribution in [-0.2, 0) is 9.63 Å². The first-order chi connectivity index (χ1) is 10.7. The van der Waals surface area contributed by atoms with E-state index in [1.54, 1.807) is 0 Å². The molecular formula is C12H12BF3N2O5. The summed E-state index contributed by atoms with van der Waals surface area (Å²) in [6.45, 7) is 0. The minimum Gasteiger partial charge on any atom is -0.426 e. The second kappa shape index (κ2) is 6.88. The first kappa shape index (κ1) is 17.1. The lowest BCUT2D eigenvalue weighted by Crippen LogP contribution is -2.41. The molecule has 1 atom stereocenters. The minimum atomic E-state index is -4.77. The molecule has 0 fully saturated rings. The first-order valence-electron chi connectivity index (χ1n) is 6.47. The lowest BCUT2D eigenvalue weighted by atomic mass is 9.92. The normalized spacial score (nSPS) is 17.3. The van der Waals surface area contributed by atoms with Gasteiger partial charge in [0.15, 0.2) is 0 Å². The van der Waals surface area contributed by atoms with Crippen LogP contribution in [-0.4, -0.2) is 47.7 Å². The molecule has 1 aliphatic heterocycles.